The van der Waals surface area contributed by atoms with Crippen LogP contribution in [0, 0.1) is 0 Å². The minimum Gasteiger partial charge on any atom is -0.497 e. The van der Waals surface area contributed by atoms with E-state index in [2.05, 4.69) is 20.7 Å². The number of methoxy groups -OCH3 is 2. The summed E-state index contributed by atoms with van der Waals surface area (Å²) in [7, 11) is 3.30. The molecule has 2 aromatic carbocycles. The van der Waals surface area contributed by atoms with Crippen molar-refractivity contribution in [1.29, 1.82) is 0 Å². The molecule has 2 atom stereocenters. The van der Waals surface area contributed by atoms with Crippen LogP contribution in [-0.2, 0) is 4.79 Å². The number of fused-ring (bicyclic) bond motifs is 1. The molecule has 0 fully saturated rings. The normalized spacial score (nSPS) is 17.8. The third-order valence-corrected chi connectivity index (χ3v) is 5.00. The summed E-state index contributed by atoms with van der Waals surface area (Å²) in [6, 6.07) is 15.9. The molecule has 1 aromatic heterocycles. The predicted molar refractivity (Wildman–Crippen MR) is 109 cm³/mol. The van der Waals surface area contributed by atoms with Crippen LogP contribution in [0.1, 0.15) is 36.6 Å². The van der Waals surface area contributed by atoms with Crippen molar-refractivity contribution in [2.75, 3.05) is 24.9 Å². The van der Waals surface area contributed by atoms with Crippen LogP contribution in [-0.4, -0.2) is 34.9 Å². The number of amides is 1. The second-order valence-corrected chi connectivity index (χ2v) is 6.88. The zero-order valence-electron chi connectivity index (χ0n) is 16.5. The summed E-state index contributed by atoms with van der Waals surface area (Å²) >= 11 is 0. The number of carbonyl (C=O) groups excluding carboxylic acids is 1. The molecular formula is C21H23N5O3. The Kier molecular flexibility index (Phi) is 5.07. The third kappa shape index (κ3) is 3.87. The maximum Gasteiger partial charge on any atom is 0.250 e. The molecular weight excluding hydrogens is 370 g/mol. The van der Waals surface area contributed by atoms with E-state index in [4.69, 9.17) is 9.47 Å². The van der Waals surface area contributed by atoms with Gasteiger partial charge < -0.3 is 14.8 Å². The number of nitrogens with zero attached hydrogens (tertiary/aromatic N) is 3. The average molecular weight is 393 g/mol. The molecule has 0 aliphatic carbocycles. The molecule has 8 heteroatoms. The molecule has 0 saturated heterocycles. The highest BCUT2D eigenvalue weighted by Crippen LogP contribution is 2.38. The smallest absolute Gasteiger partial charge is 0.250 e. The number of carbonyl (C=O) groups is 1. The summed E-state index contributed by atoms with van der Waals surface area (Å²) in [5.41, 5.74) is 2.21. The first-order valence-electron chi connectivity index (χ1n) is 9.36. The predicted octanol–water partition coefficient (Wildman–Crippen LogP) is 3.40. The number of rotatable bonds is 5. The van der Waals surface area contributed by atoms with Crippen molar-refractivity contribution in [1.82, 2.24) is 14.8 Å². The topological polar surface area (TPSA) is 90.3 Å². The lowest BCUT2D eigenvalue weighted by Gasteiger charge is -2.31. The van der Waals surface area contributed by atoms with Crippen molar-refractivity contribution in [2.24, 2.45) is 0 Å². The van der Waals surface area contributed by atoms with E-state index in [-0.39, 0.29) is 23.9 Å². The van der Waals surface area contributed by atoms with Gasteiger partial charge in [-0.05, 0) is 41.8 Å². The molecule has 2 heterocycles. The zero-order chi connectivity index (χ0) is 20.4. The number of benzene rings is 2. The van der Waals surface area contributed by atoms with Gasteiger partial charge in [-0.1, -0.05) is 24.3 Å². The van der Waals surface area contributed by atoms with E-state index in [1.807, 2.05) is 53.2 Å². The second-order valence-electron chi connectivity index (χ2n) is 6.88. The highest BCUT2D eigenvalue weighted by Gasteiger charge is 2.31. The maximum absolute atomic E-state index is 11.4. The molecule has 8 nitrogen and oxygen atoms in total. The summed E-state index contributed by atoms with van der Waals surface area (Å²) in [5.74, 6) is 2.30. The van der Waals surface area contributed by atoms with Crippen molar-refractivity contribution in [2.45, 2.75) is 25.4 Å². The fourth-order valence-electron chi connectivity index (χ4n) is 3.55. The summed E-state index contributed by atoms with van der Waals surface area (Å²) in [4.78, 5) is 15.9. The van der Waals surface area contributed by atoms with Crippen LogP contribution in [0.5, 0.6) is 11.5 Å². The minimum absolute atomic E-state index is 0.0369. The van der Waals surface area contributed by atoms with E-state index in [0.717, 1.165) is 29.0 Å². The number of ether oxygens (including phenoxy) is 2. The first-order chi connectivity index (χ1) is 14.1. The first kappa shape index (κ1) is 18.8. The number of hydrogen-bond donors (Lipinski definition) is 2. The van der Waals surface area contributed by atoms with Gasteiger partial charge >= 0.3 is 0 Å². The Labute approximate surface area is 168 Å². The number of anilines is 2. The summed E-state index contributed by atoms with van der Waals surface area (Å²) < 4.78 is 12.4. The van der Waals surface area contributed by atoms with E-state index < -0.39 is 0 Å². The van der Waals surface area contributed by atoms with E-state index in [0.29, 0.717) is 5.95 Å². The Morgan fingerprint density at radius 1 is 1.03 bits per heavy atom. The third-order valence-electron chi connectivity index (χ3n) is 5.00. The Morgan fingerprint density at radius 3 is 2.17 bits per heavy atom. The van der Waals surface area contributed by atoms with Crippen LogP contribution >= 0.6 is 0 Å². The number of nitrogens with one attached hydrogen (secondary N) is 2. The fraction of sp³-hybridized carbons (Fsp3) is 0.286. The summed E-state index contributed by atoms with van der Waals surface area (Å²) in [5, 5.41) is 10.6. The van der Waals surface area contributed by atoms with E-state index in [9.17, 15) is 4.79 Å². The lowest BCUT2D eigenvalue weighted by atomic mass is 9.93. The van der Waals surface area contributed by atoms with Gasteiger partial charge in [0.25, 0.3) is 5.95 Å². The Bertz CT molecular complexity index is 998. The second kappa shape index (κ2) is 7.83. The van der Waals surface area contributed by atoms with Crippen LogP contribution in [0.15, 0.2) is 48.5 Å². The zero-order valence-corrected chi connectivity index (χ0v) is 16.5. The fourth-order valence-corrected chi connectivity index (χ4v) is 3.55. The van der Waals surface area contributed by atoms with Crippen molar-refractivity contribution >= 4 is 17.8 Å². The van der Waals surface area contributed by atoms with Crippen LogP contribution < -0.4 is 20.1 Å². The van der Waals surface area contributed by atoms with Crippen molar-refractivity contribution in [3.63, 3.8) is 0 Å². The lowest BCUT2D eigenvalue weighted by molar-refractivity contribution is -0.114. The van der Waals surface area contributed by atoms with Crippen molar-refractivity contribution in [3.05, 3.63) is 59.7 Å². The first-order valence-corrected chi connectivity index (χ1v) is 9.36. The quantitative estimate of drug-likeness (QED) is 0.691. The van der Waals surface area contributed by atoms with Gasteiger partial charge in [-0.2, -0.15) is 4.98 Å². The van der Waals surface area contributed by atoms with Crippen LogP contribution in [0.25, 0.3) is 0 Å². The van der Waals surface area contributed by atoms with Gasteiger partial charge in [0.05, 0.1) is 26.3 Å². The standard InChI is InChI=1S/C21H23N5O3/c1-13(27)22-20-24-21-23-18(14-4-8-16(28-2)9-5-14)12-19(26(21)25-20)15-6-10-17(29-3)11-7-15/h4-11,18-19H,12H2,1-3H3,(H2,22,23,24,25,27)/t18-,19-/m0/s1. The molecule has 4 rings (SSSR count). The molecule has 3 aromatic rings. The Morgan fingerprint density at radius 2 is 1.62 bits per heavy atom. The molecule has 1 aliphatic rings. The van der Waals surface area contributed by atoms with E-state index in [1.165, 1.54) is 6.92 Å². The number of aromatic nitrogens is 3. The molecule has 150 valence electrons. The van der Waals surface area contributed by atoms with Gasteiger partial charge in [0.1, 0.15) is 11.5 Å². The highest BCUT2D eigenvalue weighted by molar-refractivity contribution is 5.86. The van der Waals surface area contributed by atoms with Gasteiger partial charge in [0, 0.05) is 6.92 Å². The monoisotopic (exact) mass is 393 g/mol. The molecule has 2 N–H and O–H groups in total. The van der Waals surface area contributed by atoms with Crippen LogP contribution in [0.2, 0.25) is 0 Å². The maximum atomic E-state index is 11.4. The Hall–Kier alpha value is -3.55. The average Bonchev–Trinajstić information content (AvgIpc) is 3.14. The van der Waals surface area contributed by atoms with Gasteiger partial charge in [-0.3, -0.25) is 10.1 Å². The van der Waals surface area contributed by atoms with E-state index in [1.54, 1.807) is 14.2 Å². The molecule has 0 radical (unpaired) electrons. The van der Waals surface area contributed by atoms with Crippen LogP contribution in [0.4, 0.5) is 11.9 Å². The largest absolute Gasteiger partial charge is 0.497 e. The van der Waals surface area contributed by atoms with Crippen molar-refractivity contribution < 1.29 is 14.3 Å². The Balaban J connectivity index is 1.71. The molecule has 0 saturated carbocycles. The SMILES string of the molecule is COc1ccc([C@@H]2C[C@@H](c3ccc(OC)cc3)n3nc(NC(C)=O)nc3N2)cc1. The number of hydrogen-bond acceptors (Lipinski definition) is 6. The van der Waals surface area contributed by atoms with Gasteiger partial charge in [-0.25, -0.2) is 4.68 Å². The van der Waals surface area contributed by atoms with E-state index >= 15 is 0 Å². The van der Waals surface area contributed by atoms with Crippen LogP contribution in [0.3, 0.4) is 0 Å². The highest BCUT2D eigenvalue weighted by atomic mass is 16.5. The molecule has 0 bridgehead atoms. The van der Waals surface area contributed by atoms with Gasteiger partial charge in [0.15, 0.2) is 0 Å². The van der Waals surface area contributed by atoms with Gasteiger partial charge in [0.2, 0.25) is 11.9 Å². The minimum atomic E-state index is -0.208. The van der Waals surface area contributed by atoms with Gasteiger partial charge in [-0.15, -0.1) is 5.10 Å². The molecule has 1 amide bonds. The molecule has 0 unspecified atom stereocenters. The lowest BCUT2D eigenvalue weighted by Crippen LogP contribution is -2.28. The summed E-state index contributed by atoms with van der Waals surface area (Å²) in [6.07, 6.45) is 0.772. The van der Waals surface area contributed by atoms with Crippen molar-refractivity contribution in [3.8, 4) is 11.5 Å². The molecule has 1 aliphatic heterocycles. The molecule has 0 spiro atoms. The summed E-state index contributed by atoms with van der Waals surface area (Å²) in [6.45, 7) is 1.44. The molecule has 29 heavy (non-hydrogen) atoms.